The van der Waals surface area contributed by atoms with E-state index in [1.165, 1.54) is 25.7 Å². The number of oxime groups is 1. The van der Waals surface area contributed by atoms with Crippen molar-refractivity contribution in [3.8, 4) is 0 Å². The summed E-state index contributed by atoms with van der Waals surface area (Å²) in [5, 5.41) is 6.79. The fraction of sp³-hybridized carbons (Fsp3) is 0.867. The highest BCUT2D eigenvalue weighted by Gasteiger charge is 2.14. The Kier molecular flexibility index (Phi) is 8.07. The molecular formula is C15H29N3O2. The summed E-state index contributed by atoms with van der Waals surface area (Å²) >= 11 is 0. The normalized spacial score (nSPS) is 17.9. The lowest BCUT2D eigenvalue weighted by Crippen LogP contribution is -2.36. The van der Waals surface area contributed by atoms with Gasteiger partial charge < -0.3 is 15.9 Å². The van der Waals surface area contributed by atoms with Gasteiger partial charge in [-0.2, -0.15) is 0 Å². The van der Waals surface area contributed by atoms with E-state index in [1.54, 1.807) is 0 Å². The van der Waals surface area contributed by atoms with Crippen molar-refractivity contribution >= 4 is 11.7 Å². The van der Waals surface area contributed by atoms with Crippen LogP contribution < -0.4 is 11.1 Å². The Morgan fingerprint density at radius 1 is 1.30 bits per heavy atom. The minimum atomic E-state index is -0.0997. The smallest absolute Gasteiger partial charge is 0.260 e. The maximum absolute atomic E-state index is 11.7. The highest BCUT2D eigenvalue weighted by molar-refractivity contribution is 5.80. The highest BCUT2D eigenvalue weighted by Crippen LogP contribution is 2.17. The number of carbonyl (C=O) groups is 1. The molecule has 0 spiro atoms. The van der Waals surface area contributed by atoms with Crippen LogP contribution in [0.2, 0.25) is 0 Å². The topological polar surface area (TPSA) is 76.7 Å². The van der Waals surface area contributed by atoms with Crippen molar-refractivity contribution < 1.29 is 9.63 Å². The lowest BCUT2D eigenvalue weighted by atomic mass is 10.1. The molecule has 0 aromatic rings. The molecule has 0 bridgehead atoms. The number of nitrogens with one attached hydrogen (secondary N) is 1. The van der Waals surface area contributed by atoms with E-state index in [0.717, 1.165) is 19.3 Å². The quantitative estimate of drug-likeness (QED) is 0.326. The second-order valence-electron chi connectivity index (χ2n) is 6.04. The zero-order chi connectivity index (χ0) is 14.8. The zero-order valence-corrected chi connectivity index (χ0v) is 12.9. The molecule has 5 heteroatoms. The third-order valence-corrected chi connectivity index (χ3v) is 3.58. The van der Waals surface area contributed by atoms with Crippen molar-refractivity contribution in [2.75, 3.05) is 6.61 Å². The maximum atomic E-state index is 11.7. The van der Waals surface area contributed by atoms with Crippen molar-refractivity contribution in [1.29, 1.82) is 0 Å². The Bertz CT molecular complexity index is 308. The molecule has 1 rings (SSSR count). The summed E-state index contributed by atoms with van der Waals surface area (Å²) in [4.78, 5) is 16.7. The summed E-state index contributed by atoms with van der Waals surface area (Å²) in [5.74, 6) is 0.945. The SMILES string of the molecule is CC(C)CC/C(N)=N/OCC(=O)NC1CCCCCC1. The van der Waals surface area contributed by atoms with Crippen LogP contribution in [0.5, 0.6) is 0 Å². The molecule has 0 radical (unpaired) electrons. The number of hydrogen-bond acceptors (Lipinski definition) is 3. The lowest BCUT2D eigenvalue weighted by molar-refractivity contribution is -0.126. The van der Waals surface area contributed by atoms with Gasteiger partial charge in [0.25, 0.3) is 5.91 Å². The molecule has 5 nitrogen and oxygen atoms in total. The molecule has 0 unspecified atom stereocenters. The summed E-state index contributed by atoms with van der Waals surface area (Å²) in [7, 11) is 0. The summed E-state index contributed by atoms with van der Waals surface area (Å²) in [6.45, 7) is 4.22. The Balaban J connectivity index is 2.16. The first kappa shape index (κ1) is 16.8. The molecule has 0 saturated heterocycles. The molecule has 1 aliphatic rings. The van der Waals surface area contributed by atoms with Gasteiger partial charge in [-0.15, -0.1) is 0 Å². The van der Waals surface area contributed by atoms with Crippen LogP contribution in [-0.2, 0) is 9.63 Å². The molecule has 0 aromatic carbocycles. The molecule has 1 amide bonds. The molecule has 1 saturated carbocycles. The maximum Gasteiger partial charge on any atom is 0.260 e. The molecule has 0 aromatic heterocycles. The van der Waals surface area contributed by atoms with Gasteiger partial charge in [0.15, 0.2) is 6.61 Å². The standard InChI is InChI=1S/C15H29N3O2/c1-12(2)9-10-14(16)18-20-11-15(19)17-13-7-5-3-4-6-8-13/h12-13H,3-11H2,1-2H3,(H2,16,18)(H,17,19). The number of rotatable bonds is 7. The average Bonchev–Trinajstić information content (AvgIpc) is 2.65. The average molecular weight is 283 g/mol. The van der Waals surface area contributed by atoms with Gasteiger partial charge in [-0.05, 0) is 25.2 Å². The van der Waals surface area contributed by atoms with Gasteiger partial charge in [-0.25, -0.2) is 0 Å². The Labute approximate surface area is 122 Å². The minimum Gasteiger partial charge on any atom is -0.384 e. The summed E-state index contributed by atoms with van der Waals surface area (Å²) in [6, 6.07) is 0.302. The largest absolute Gasteiger partial charge is 0.384 e. The Morgan fingerprint density at radius 3 is 2.55 bits per heavy atom. The van der Waals surface area contributed by atoms with E-state index < -0.39 is 0 Å². The predicted octanol–water partition coefficient (Wildman–Crippen LogP) is 2.55. The fourth-order valence-corrected chi connectivity index (χ4v) is 2.35. The molecule has 116 valence electrons. The van der Waals surface area contributed by atoms with Gasteiger partial charge in [0.1, 0.15) is 5.84 Å². The monoisotopic (exact) mass is 283 g/mol. The van der Waals surface area contributed by atoms with Crippen molar-refractivity contribution in [1.82, 2.24) is 5.32 Å². The van der Waals surface area contributed by atoms with Crippen LogP contribution in [0.3, 0.4) is 0 Å². The van der Waals surface area contributed by atoms with Gasteiger partial charge >= 0.3 is 0 Å². The van der Waals surface area contributed by atoms with E-state index in [1.807, 2.05) is 0 Å². The van der Waals surface area contributed by atoms with E-state index in [-0.39, 0.29) is 12.5 Å². The summed E-state index contributed by atoms with van der Waals surface area (Å²) in [6.07, 6.45) is 8.79. The second-order valence-corrected chi connectivity index (χ2v) is 6.04. The Morgan fingerprint density at radius 2 is 1.95 bits per heavy atom. The highest BCUT2D eigenvalue weighted by atomic mass is 16.6. The minimum absolute atomic E-state index is 0.0428. The molecule has 1 aliphatic carbocycles. The van der Waals surface area contributed by atoms with Crippen molar-refractivity contribution in [2.45, 2.75) is 71.3 Å². The van der Waals surface area contributed by atoms with E-state index >= 15 is 0 Å². The first-order valence-corrected chi connectivity index (χ1v) is 7.81. The summed E-state index contributed by atoms with van der Waals surface area (Å²) in [5.41, 5.74) is 5.71. The van der Waals surface area contributed by atoms with Crippen LogP contribution in [0.4, 0.5) is 0 Å². The number of nitrogens with zero attached hydrogens (tertiary/aromatic N) is 1. The number of amides is 1. The van der Waals surface area contributed by atoms with E-state index in [0.29, 0.717) is 24.2 Å². The van der Waals surface area contributed by atoms with E-state index in [9.17, 15) is 4.79 Å². The van der Waals surface area contributed by atoms with E-state index in [4.69, 9.17) is 10.6 Å². The molecule has 20 heavy (non-hydrogen) atoms. The van der Waals surface area contributed by atoms with Gasteiger partial charge in [0, 0.05) is 12.5 Å². The first-order valence-electron chi connectivity index (χ1n) is 7.81. The van der Waals surface area contributed by atoms with Crippen LogP contribution in [0.15, 0.2) is 5.16 Å². The number of nitrogens with two attached hydrogens (primary N) is 1. The van der Waals surface area contributed by atoms with Crippen LogP contribution in [0, 0.1) is 5.92 Å². The number of amidine groups is 1. The van der Waals surface area contributed by atoms with Crippen LogP contribution in [0.25, 0.3) is 0 Å². The third-order valence-electron chi connectivity index (χ3n) is 3.58. The molecule has 0 atom stereocenters. The lowest BCUT2D eigenvalue weighted by Gasteiger charge is -2.15. The number of carbonyl (C=O) groups excluding carboxylic acids is 1. The van der Waals surface area contributed by atoms with Gasteiger partial charge in [-0.3, -0.25) is 4.79 Å². The molecule has 1 fully saturated rings. The number of hydrogen-bond donors (Lipinski definition) is 2. The zero-order valence-electron chi connectivity index (χ0n) is 12.9. The van der Waals surface area contributed by atoms with Gasteiger partial charge in [0.2, 0.25) is 0 Å². The van der Waals surface area contributed by atoms with Gasteiger partial charge in [0.05, 0.1) is 0 Å². The van der Waals surface area contributed by atoms with Crippen LogP contribution in [0.1, 0.15) is 65.2 Å². The molecule has 0 heterocycles. The van der Waals surface area contributed by atoms with E-state index in [2.05, 4.69) is 24.3 Å². The fourth-order valence-electron chi connectivity index (χ4n) is 2.35. The Hall–Kier alpha value is -1.26. The molecular weight excluding hydrogens is 254 g/mol. The van der Waals surface area contributed by atoms with Crippen molar-refractivity contribution in [3.05, 3.63) is 0 Å². The molecule has 0 aliphatic heterocycles. The second kappa shape index (κ2) is 9.61. The van der Waals surface area contributed by atoms with Crippen LogP contribution in [-0.4, -0.2) is 24.4 Å². The van der Waals surface area contributed by atoms with Crippen molar-refractivity contribution in [3.63, 3.8) is 0 Å². The van der Waals surface area contributed by atoms with Gasteiger partial charge in [-0.1, -0.05) is 44.7 Å². The first-order chi connectivity index (χ1) is 9.58. The summed E-state index contributed by atoms with van der Waals surface area (Å²) < 4.78 is 0. The third kappa shape index (κ3) is 8.02. The van der Waals surface area contributed by atoms with Crippen molar-refractivity contribution in [2.24, 2.45) is 16.8 Å². The molecule has 3 N–H and O–H groups in total. The van der Waals surface area contributed by atoms with Crippen LogP contribution >= 0.6 is 0 Å². The predicted molar refractivity (Wildman–Crippen MR) is 81.3 cm³/mol.